The molecule has 4 heteroatoms. The van der Waals surface area contributed by atoms with E-state index in [2.05, 4.69) is 0 Å². The Morgan fingerprint density at radius 1 is 1.44 bits per heavy atom. The summed E-state index contributed by atoms with van der Waals surface area (Å²) in [6.07, 6.45) is 0. The van der Waals surface area contributed by atoms with E-state index in [1.165, 1.54) is 4.46 Å². The van der Waals surface area contributed by atoms with E-state index in [0.29, 0.717) is 6.61 Å². The van der Waals surface area contributed by atoms with Gasteiger partial charge < -0.3 is 0 Å². The fourth-order valence-electron chi connectivity index (χ4n) is 1.20. The molecular formula is C12H15ClO2Se. The van der Waals surface area contributed by atoms with Crippen molar-refractivity contribution in [2.24, 2.45) is 0 Å². The van der Waals surface area contributed by atoms with Crippen molar-refractivity contribution in [3.05, 3.63) is 30.3 Å². The topological polar surface area (TPSA) is 26.3 Å². The molecule has 0 fully saturated rings. The molecule has 0 amide bonds. The minimum atomic E-state index is -0.212. The van der Waals surface area contributed by atoms with Crippen LogP contribution in [0.2, 0.25) is 4.82 Å². The van der Waals surface area contributed by atoms with Crippen molar-refractivity contribution in [2.75, 3.05) is 6.61 Å². The first kappa shape index (κ1) is 13.6. The van der Waals surface area contributed by atoms with Crippen LogP contribution in [0, 0.1) is 0 Å². The third-order valence-electron chi connectivity index (χ3n) is 1.94. The van der Waals surface area contributed by atoms with Gasteiger partial charge in [-0.05, 0) is 0 Å². The Labute approximate surface area is 107 Å². The van der Waals surface area contributed by atoms with Gasteiger partial charge in [0.15, 0.2) is 0 Å². The van der Waals surface area contributed by atoms with Crippen LogP contribution in [0.15, 0.2) is 30.3 Å². The van der Waals surface area contributed by atoms with Gasteiger partial charge in [-0.15, -0.1) is 0 Å². The first-order valence-corrected chi connectivity index (χ1v) is 7.45. The van der Waals surface area contributed by atoms with Crippen molar-refractivity contribution in [3.8, 4) is 0 Å². The van der Waals surface area contributed by atoms with E-state index in [9.17, 15) is 4.79 Å². The molecule has 1 aromatic carbocycles. The second-order valence-electron chi connectivity index (χ2n) is 3.28. The van der Waals surface area contributed by atoms with Crippen LogP contribution in [0.5, 0.6) is 0 Å². The normalized spacial score (nSPS) is 14.2. The molecule has 88 valence electrons. The van der Waals surface area contributed by atoms with E-state index in [4.69, 9.17) is 16.3 Å². The zero-order chi connectivity index (χ0) is 12.0. The fraction of sp³-hybridized carbons (Fsp3) is 0.417. The summed E-state index contributed by atoms with van der Waals surface area (Å²) < 4.78 is 6.20. The maximum absolute atomic E-state index is 11.7. The van der Waals surface area contributed by atoms with Crippen LogP contribution in [0.1, 0.15) is 13.8 Å². The number of hydrogen-bond acceptors (Lipinski definition) is 2. The Morgan fingerprint density at radius 3 is 2.56 bits per heavy atom. The number of halogens is 1. The van der Waals surface area contributed by atoms with Gasteiger partial charge in [0.2, 0.25) is 0 Å². The number of carbonyl (C=O) groups excluding carboxylic acids is 1. The molecule has 0 radical (unpaired) electrons. The molecule has 0 bridgehead atoms. The van der Waals surface area contributed by atoms with Gasteiger partial charge in [-0.2, -0.15) is 0 Å². The molecule has 1 rings (SSSR count). The van der Waals surface area contributed by atoms with Gasteiger partial charge in [-0.3, -0.25) is 0 Å². The van der Waals surface area contributed by atoms with E-state index in [-0.39, 0.29) is 31.1 Å². The molecule has 0 unspecified atom stereocenters. The number of carbonyl (C=O) groups is 1. The Balaban J connectivity index is 2.69. The molecule has 1 aromatic rings. The minimum absolute atomic E-state index is 0.0225. The molecule has 0 N–H and O–H groups in total. The van der Waals surface area contributed by atoms with Gasteiger partial charge >= 0.3 is 107 Å². The molecule has 0 spiro atoms. The molecule has 0 heterocycles. The van der Waals surface area contributed by atoms with Gasteiger partial charge in [0.25, 0.3) is 0 Å². The summed E-state index contributed by atoms with van der Waals surface area (Å²) >= 11 is 6.06. The summed E-state index contributed by atoms with van der Waals surface area (Å²) in [5.74, 6) is -0.186. The van der Waals surface area contributed by atoms with Gasteiger partial charge in [0.1, 0.15) is 0 Å². The van der Waals surface area contributed by atoms with Crippen LogP contribution in [0.25, 0.3) is 0 Å². The number of hydrogen-bond donors (Lipinski definition) is 0. The average Bonchev–Trinajstić information content (AvgIpc) is 2.27. The monoisotopic (exact) mass is 306 g/mol. The molecule has 0 saturated carbocycles. The fourth-order valence-corrected chi connectivity index (χ4v) is 3.58. The molecule has 2 nitrogen and oxygen atoms in total. The summed E-state index contributed by atoms with van der Waals surface area (Å²) in [7, 11) is 0. The molecule has 0 aliphatic carbocycles. The van der Waals surface area contributed by atoms with E-state index < -0.39 is 0 Å². The summed E-state index contributed by atoms with van der Waals surface area (Å²) in [5, 5.41) is -0.195. The molecule has 0 saturated heterocycles. The van der Waals surface area contributed by atoms with Crippen LogP contribution in [-0.4, -0.2) is 32.9 Å². The summed E-state index contributed by atoms with van der Waals surface area (Å²) in [5.41, 5.74) is 0. The summed E-state index contributed by atoms with van der Waals surface area (Å²) in [6.45, 7) is 4.06. The summed E-state index contributed by atoms with van der Waals surface area (Å²) in [6, 6.07) is 9.94. The van der Waals surface area contributed by atoms with Crippen molar-refractivity contribution < 1.29 is 9.53 Å². The third kappa shape index (κ3) is 4.17. The Bertz CT molecular complexity index is 327. The predicted molar refractivity (Wildman–Crippen MR) is 67.5 cm³/mol. The zero-order valence-corrected chi connectivity index (χ0v) is 11.8. The maximum atomic E-state index is 11.7. The van der Waals surface area contributed by atoms with Gasteiger partial charge in [0, 0.05) is 0 Å². The number of rotatable bonds is 5. The molecule has 2 atom stereocenters. The summed E-state index contributed by atoms with van der Waals surface area (Å²) in [4.78, 5) is 11.5. The van der Waals surface area contributed by atoms with Crippen LogP contribution < -0.4 is 4.46 Å². The Kier molecular flexibility index (Phi) is 5.89. The van der Waals surface area contributed by atoms with Crippen molar-refractivity contribution in [1.82, 2.24) is 0 Å². The van der Waals surface area contributed by atoms with Crippen LogP contribution >= 0.6 is 11.6 Å². The van der Waals surface area contributed by atoms with Crippen molar-refractivity contribution >= 4 is 37.0 Å². The standard InChI is InChI=1S/C12H15ClO2Se/c1-3-15-12(14)11(9(2)13)16-10-7-5-4-6-8-10/h4-9,11H,3H2,1-2H3/t9-,11-/m1/s1. The molecule has 0 aliphatic rings. The van der Waals surface area contributed by atoms with E-state index in [0.717, 1.165) is 0 Å². The van der Waals surface area contributed by atoms with Gasteiger partial charge in [-0.1, -0.05) is 0 Å². The third-order valence-corrected chi connectivity index (χ3v) is 5.47. The molecule has 0 aromatic heterocycles. The molecular weight excluding hydrogens is 291 g/mol. The van der Waals surface area contributed by atoms with E-state index in [1.54, 1.807) is 0 Å². The van der Waals surface area contributed by atoms with Crippen molar-refractivity contribution in [2.45, 2.75) is 24.0 Å². The Hall–Kier alpha value is -0.501. The molecule has 16 heavy (non-hydrogen) atoms. The first-order valence-electron chi connectivity index (χ1n) is 5.17. The zero-order valence-electron chi connectivity index (χ0n) is 9.35. The van der Waals surface area contributed by atoms with Crippen LogP contribution in [0.3, 0.4) is 0 Å². The quantitative estimate of drug-likeness (QED) is 0.472. The van der Waals surface area contributed by atoms with Crippen molar-refractivity contribution in [3.63, 3.8) is 0 Å². The predicted octanol–water partition coefficient (Wildman–Crippen LogP) is 1.99. The van der Waals surface area contributed by atoms with Crippen LogP contribution in [-0.2, 0) is 9.53 Å². The van der Waals surface area contributed by atoms with E-state index in [1.807, 2.05) is 44.2 Å². The SMILES string of the molecule is CCOC(=O)[C@H]([Se]c1ccccc1)[C@@H](C)Cl. The van der Waals surface area contributed by atoms with Gasteiger partial charge in [-0.25, -0.2) is 0 Å². The van der Waals surface area contributed by atoms with Crippen molar-refractivity contribution in [1.29, 1.82) is 0 Å². The van der Waals surface area contributed by atoms with Crippen LogP contribution in [0.4, 0.5) is 0 Å². The first-order chi connectivity index (χ1) is 7.65. The van der Waals surface area contributed by atoms with E-state index >= 15 is 0 Å². The number of alkyl halides is 1. The van der Waals surface area contributed by atoms with Gasteiger partial charge in [0.05, 0.1) is 0 Å². The average molecular weight is 306 g/mol. The second-order valence-corrected chi connectivity index (χ2v) is 6.52. The Morgan fingerprint density at radius 2 is 2.06 bits per heavy atom. The number of esters is 1. The number of benzene rings is 1. The molecule has 0 aliphatic heterocycles. The second kappa shape index (κ2) is 6.95. The number of ether oxygens (including phenoxy) is 1.